The molecule has 104 valence electrons. The van der Waals surface area contributed by atoms with E-state index in [1.54, 1.807) is 25.3 Å². The van der Waals surface area contributed by atoms with E-state index in [0.29, 0.717) is 12.1 Å². The van der Waals surface area contributed by atoms with Gasteiger partial charge in [-0.2, -0.15) is 0 Å². The van der Waals surface area contributed by atoms with Crippen LogP contribution in [0.25, 0.3) is 0 Å². The van der Waals surface area contributed by atoms with Gasteiger partial charge in [0.15, 0.2) is 0 Å². The highest BCUT2D eigenvalue weighted by molar-refractivity contribution is 5.96. The monoisotopic (exact) mass is 271 g/mol. The van der Waals surface area contributed by atoms with Gasteiger partial charge < -0.3 is 15.2 Å². The van der Waals surface area contributed by atoms with Gasteiger partial charge in [-0.1, -0.05) is 24.3 Å². The summed E-state index contributed by atoms with van der Waals surface area (Å²) in [5.74, 6) is 0.540. The molecule has 20 heavy (non-hydrogen) atoms. The van der Waals surface area contributed by atoms with Crippen molar-refractivity contribution >= 4 is 5.91 Å². The van der Waals surface area contributed by atoms with Crippen molar-refractivity contribution in [3.8, 4) is 11.5 Å². The second kappa shape index (κ2) is 6.61. The van der Waals surface area contributed by atoms with Crippen LogP contribution in [0.5, 0.6) is 11.5 Å². The number of carbonyl (C=O) groups is 1. The minimum absolute atomic E-state index is 0.00514. The number of hydrogen-bond donors (Lipinski definition) is 2. The van der Waals surface area contributed by atoms with Gasteiger partial charge in [0.05, 0.1) is 12.7 Å². The summed E-state index contributed by atoms with van der Waals surface area (Å²) in [4.78, 5) is 11.9. The third-order valence-electron chi connectivity index (χ3n) is 3.01. The Hall–Kier alpha value is -2.49. The maximum atomic E-state index is 11.9. The molecule has 4 nitrogen and oxygen atoms in total. The number of nitrogens with one attached hydrogen (secondary N) is 1. The largest absolute Gasteiger partial charge is 0.507 e. The Morgan fingerprint density at radius 3 is 2.50 bits per heavy atom. The second-order valence-electron chi connectivity index (χ2n) is 4.37. The maximum Gasteiger partial charge on any atom is 0.255 e. The lowest BCUT2D eigenvalue weighted by molar-refractivity contribution is 0.0951. The molecule has 0 saturated carbocycles. The van der Waals surface area contributed by atoms with Crippen LogP contribution >= 0.6 is 0 Å². The molecule has 1 amide bonds. The van der Waals surface area contributed by atoms with E-state index in [-0.39, 0.29) is 11.7 Å². The van der Waals surface area contributed by atoms with Crippen LogP contribution in [0, 0.1) is 0 Å². The highest BCUT2D eigenvalue weighted by Gasteiger charge is 2.08. The van der Waals surface area contributed by atoms with Gasteiger partial charge in [0.25, 0.3) is 5.91 Å². The fourth-order valence-corrected chi connectivity index (χ4v) is 1.87. The molecule has 0 heterocycles. The molecule has 0 spiro atoms. The zero-order chi connectivity index (χ0) is 14.4. The van der Waals surface area contributed by atoms with E-state index in [1.807, 2.05) is 24.3 Å². The summed E-state index contributed by atoms with van der Waals surface area (Å²) in [7, 11) is 1.63. The van der Waals surface area contributed by atoms with Crippen LogP contribution in [-0.2, 0) is 6.42 Å². The van der Waals surface area contributed by atoms with E-state index in [0.717, 1.165) is 17.7 Å². The molecule has 0 aliphatic carbocycles. The SMILES string of the molecule is COc1ccc(CCNC(=O)c2ccccc2O)cc1. The summed E-state index contributed by atoms with van der Waals surface area (Å²) in [5, 5.41) is 12.4. The van der Waals surface area contributed by atoms with Crippen LogP contribution in [-0.4, -0.2) is 24.7 Å². The first-order chi connectivity index (χ1) is 9.70. The number of phenols is 1. The van der Waals surface area contributed by atoms with Crippen molar-refractivity contribution in [2.24, 2.45) is 0 Å². The average molecular weight is 271 g/mol. The molecular formula is C16H17NO3. The topological polar surface area (TPSA) is 58.6 Å². The third kappa shape index (κ3) is 3.51. The predicted molar refractivity (Wildman–Crippen MR) is 77.1 cm³/mol. The lowest BCUT2D eigenvalue weighted by Gasteiger charge is -2.07. The second-order valence-corrected chi connectivity index (χ2v) is 4.37. The molecule has 0 fully saturated rings. The van der Waals surface area contributed by atoms with Crippen molar-refractivity contribution in [2.75, 3.05) is 13.7 Å². The summed E-state index contributed by atoms with van der Waals surface area (Å²) >= 11 is 0. The number of rotatable bonds is 5. The van der Waals surface area contributed by atoms with Gasteiger partial charge in [-0.25, -0.2) is 0 Å². The van der Waals surface area contributed by atoms with Gasteiger partial charge in [0, 0.05) is 6.54 Å². The Morgan fingerprint density at radius 1 is 1.15 bits per heavy atom. The minimum Gasteiger partial charge on any atom is -0.507 e. The van der Waals surface area contributed by atoms with E-state index < -0.39 is 0 Å². The summed E-state index contributed by atoms with van der Waals surface area (Å²) in [5.41, 5.74) is 1.41. The number of carbonyl (C=O) groups excluding carboxylic acids is 1. The van der Waals surface area contributed by atoms with E-state index in [2.05, 4.69) is 5.32 Å². The first kappa shape index (κ1) is 13.9. The number of phenolic OH excluding ortho intramolecular Hbond substituents is 1. The third-order valence-corrected chi connectivity index (χ3v) is 3.01. The van der Waals surface area contributed by atoms with Gasteiger partial charge >= 0.3 is 0 Å². The fourth-order valence-electron chi connectivity index (χ4n) is 1.87. The molecule has 2 N–H and O–H groups in total. The fraction of sp³-hybridized carbons (Fsp3) is 0.188. The molecule has 0 bridgehead atoms. The zero-order valence-electron chi connectivity index (χ0n) is 11.3. The standard InChI is InChI=1S/C16H17NO3/c1-20-13-8-6-12(7-9-13)10-11-17-16(19)14-4-2-3-5-15(14)18/h2-9,18H,10-11H2,1H3,(H,17,19). The highest BCUT2D eigenvalue weighted by atomic mass is 16.5. The van der Waals surface area contributed by atoms with Crippen LogP contribution < -0.4 is 10.1 Å². The van der Waals surface area contributed by atoms with Crippen molar-refractivity contribution in [3.63, 3.8) is 0 Å². The molecule has 4 heteroatoms. The van der Waals surface area contributed by atoms with Gasteiger partial charge in [0.2, 0.25) is 0 Å². The van der Waals surface area contributed by atoms with Crippen molar-refractivity contribution < 1.29 is 14.6 Å². The van der Waals surface area contributed by atoms with Crippen molar-refractivity contribution in [1.29, 1.82) is 0 Å². The number of ether oxygens (including phenoxy) is 1. The molecule has 0 atom stereocenters. The van der Waals surface area contributed by atoms with Gasteiger partial charge in [0.1, 0.15) is 11.5 Å². The minimum atomic E-state index is -0.267. The summed E-state index contributed by atoms with van der Waals surface area (Å²) in [6.07, 6.45) is 0.726. The van der Waals surface area contributed by atoms with Crippen LogP contribution in [0.3, 0.4) is 0 Å². The smallest absolute Gasteiger partial charge is 0.255 e. The number of benzene rings is 2. The van der Waals surface area contributed by atoms with Crippen LogP contribution in [0.2, 0.25) is 0 Å². The van der Waals surface area contributed by atoms with E-state index in [1.165, 1.54) is 6.07 Å². The molecule has 0 radical (unpaired) electrons. The molecule has 0 aliphatic heterocycles. The average Bonchev–Trinajstić information content (AvgIpc) is 2.48. The maximum absolute atomic E-state index is 11.9. The van der Waals surface area contributed by atoms with Gasteiger partial charge in [-0.15, -0.1) is 0 Å². The number of amides is 1. The summed E-state index contributed by atoms with van der Waals surface area (Å²) in [6.45, 7) is 0.513. The molecule has 0 aromatic heterocycles. The van der Waals surface area contributed by atoms with Crippen LogP contribution in [0.15, 0.2) is 48.5 Å². The Bertz CT molecular complexity index is 579. The molecule has 2 rings (SSSR count). The Morgan fingerprint density at radius 2 is 1.85 bits per heavy atom. The molecule has 0 saturated heterocycles. The number of methoxy groups -OCH3 is 1. The number of aromatic hydroxyl groups is 1. The molecule has 0 unspecified atom stereocenters. The summed E-state index contributed by atoms with van der Waals surface area (Å²) in [6, 6.07) is 14.2. The first-order valence-corrected chi connectivity index (χ1v) is 6.40. The highest BCUT2D eigenvalue weighted by Crippen LogP contribution is 2.15. The Balaban J connectivity index is 1.86. The molecule has 2 aromatic carbocycles. The van der Waals surface area contributed by atoms with Crippen LogP contribution in [0.4, 0.5) is 0 Å². The molecule has 0 aliphatic rings. The Kier molecular flexibility index (Phi) is 4.60. The Labute approximate surface area is 118 Å². The zero-order valence-corrected chi connectivity index (χ0v) is 11.3. The van der Waals surface area contributed by atoms with Crippen molar-refractivity contribution in [1.82, 2.24) is 5.32 Å². The number of para-hydroxylation sites is 1. The van der Waals surface area contributed by atoms with E-state index in [4.69, 9.17) is 4.74 Å². The van der Waals surface area contributed by atoms with Crippen molar-refractivity contribution in [2.45, 2.75) is 6.42 Å². The van der Waals surface area contributed by atoms with Crippen molar-refractivity contribution in [3.05, 3.63) is 59.7 Å². The number of hydrogen-bond acceptors (Lipinski definition) is 3. The molecular weight excluding hydrogens is 254 g/mol. The van der Waals surface area contributed by atoms with E-state index in [9.17, 15) is 9.90 Å². The lowest BCUT2D eigenvalue weighted by Crippen LogP contribution is -2.25. The lowest BCUT2D eigenvalue weighted by atomic mass is 10.1. The van der Waals surface area contributed by atoms with Crippen LogP contribution in [0.1, 0.15) is 15.9 Å². The predicted octanol–water partition coefficient (Wildman–Crippen LogP) is 2.37. The normalized spacial score (nSPS) is 10.1. The van der Waals surface area contributed by atoms with Gasteiger partial charge in [-0.3, -0.25) is 4.79 Å². The first-order valence-electron chi connectivity index (χ1n) is 6.40. The summed E-state index contributed by atoms with van der Waals surface area (Å²) < 4.78 is 5.09. The van der Waals surface area contributed by atoms with Gasteiger partial charge in [-0.05, 0) is 36.2 Å². The van der Waals surface area contributed by atoms with E-state index >= 15 is 0 Å². The molecule has 2 aromatic rings. The quantitative estimate of drug-likeness (QED) is 0.877.